The van der Waals surface area contributed by atoms with Crippen molar-refractivity contribution in [3.05, 3.63) is 35.3 Å². The fourth-order valence-electron chi connectivity index (χ4n) is 2.53. The van der Waals surface area contributed by atoms with Crippen molar-refractivity contribution in [2.45, 2.75) is 39.0 Å². The van der Waals surface area contributed by atoms with Crippen LogP contribution in [0.15, 0.2) is 18.3 Å². The molecule has 0 aliphatic heterocycles. The lowest BCUT2D eigenvalue weighted by Crippen LogP contribution is -1.94. The van der Waals surface area contributed by atoms with Crippen LogP contribution in [0.25, 0.3) is 5.65 Å². The molecule has 3 rings (SSSR count). The predicted octanol–water partition coefficient (Wildman–Crippen LogP) is 2.91. The lowest BCUT2D eigenvalue weighted by atomic mass is 10.2. The van der Waals surface area contributed by atoms with E-state index in [4.69, 9.17) is 4.98 Å². The van der Waals surface area contributed by atoms with Gasteiger partial charge in [0.25, 0.3) is 0 Å². The molecule has 0 aromatic carbocycles. The zero-order chi connectivity index (χ0) is 10.3. The third kappa shape index (κ3) is 1.36. The Balaban J connectivity index is 2.28. The highest BCUT2D eigenvalue weighted by Crippen LogP contribution is 2.22. The van der Waals surface area contributed by atoms with Crippen molar-refractivity contribution in [2.75, 3.05) is 0 Å². The fourth-order valence-corrected chi connectivity index (χ4v) is 2.53. The minimum absolute atomic E-state index is 1.16. The van der Waals surface area contributed by atoms with Crippen LogP contribution < -0.4 is 0 Å². The molecule has 0 unspecified atom stereocenters. The highest BCUT2D eigenvalue weighted by molar-refractivity contribution is 5.50. The maximum atomic E-state index is 4.78. The summed E-state index contributed by atoms with van der Waals surface area (Å²) in [4.78, 5) is 4.78. The van der Waals surface area contributed by atoms with Gasteiger partial charge >= 0.3 is 0 Å². The number of nitrogens with zero attached hydrogens (tertiary/aromatic N) is 2. The quantitative estimate of drug-likeness (QED) is 0.598. The minimum atomic E-state index is 1.16. The monoisotopic (exact) mass is 200 g/mol. The SMILES string of the molecule is Cc1cccn2c3c(nc12)CCCCC3. The summed E-state index contributed by atoms with van der Waals surface area (Å²) in [5, 5.41) is 0. The van der Waals surface area contributed by atoms with Crippen molar-refractivity contribution in [1.82, 2.24) is 9.38 Å². The summed E-state index contributed by atoms with van der Waals surface area (Å²) < 4.78 is 2.29. The van der Waals surface area contributed by atoms with Crippen molar-refractivity contribution < 1.29 is 0 Å². The maximum absolute atomic E-state index is 4.78. The number of pyridine rings is 1. The normalized spacial score (nSPS) is 16.3. The van der Waals surface area contributed by atoms with E-state index in [0.29, 0.717) is 0 Å². The minimum Gasteiger partial charge on any atom is -0.304 e. The third-order valence-electron chi connectivity index (χ3n) is 3.35. The van der Waals surface area contributed by atoms with E-state index in [0.717, 1.165) is 12.1 Å². The molecule has 2 aromatic rings. The maximum Gasteiger partial charge on any atom is 0.140 e. The zero-order valence-electron chi connectivity index (χ0n) is 9.16. The molecular weight excluding hydrogens is 184 g/mol. The number of imidazole rings is 1. The van der Waals surface area contributed by atoms with Crippen LogP contribution in [-0.4, -0.2) is 9.38 Å². The van der Waals surface area contributed by atoms with E-state index in [1.807, 2.05) is 0 Å². The van der Waals surface area contributed by atoms with Crippen LogP contribution in [-0.2, 0) is 12.8 Å². The molecular formula is C13H16N2. The first-order valence-electron chi connectivity index (χ1n) is 5.82. The molecule has 78 valence electrons. The number of aryl methyl sites for hydroxylation is 3. The molecule has 1 aliphatic rings. The van der Waals surface area contributed by atoms with Crippen molar-refractivity contribution in [3.8, 4) is 0 Å². The van der Waals surface area contributed by atoms with Crippen LogP contribution in [0.2, 0.25) is 0 Å². The van der Waals surface area contributed by atoms with Crippen molar-refractivity contribution >= 4 is 5.65 Å². The molecule has 0 radical (unpaired) electrons. The second-order valence-electron chi connectivity index (χ2n) is 4.45. The second kappa shape index (κ2) is 3.37. The molecule has 2 nitrogen and oxygen atoms in total. The first-order chi connectivity index (χ1) is 7.36. The van der Waals surface area contributed by atoms with Gasteiger partial charge in [0.15, 0.2) is 0 Å². The Morgan fingerprint density at radius 3 is 3.00 bits per heavy atom. The molecule has 0 saturated heterocycles. The van der Waals surface area contributed by atoms with Crippen molar-refractivity contribution in [1.29, 1.82) is 0 Å². The fraction of sp³-hybridized carbons (Fsp3) is 0.462. The molecule has 0 amide bonds. The van der Waals surface area contributed by atoms with E-state index in [1.165, 1.54) is 42.6 Å². The smallest absolute Gasteiger partial charge is 0.140 e. The average Bonchev–Trinajstić information content (AvgIpc) is 2.45. The summed E-state index contributed by atoms with van der Waals surface area (Å²) in [5.41, 5.74) is 5.22. The van der Waals surface area contributed by atoms with E-state index in [2.05, 4.69) is 29.7 Å². The van der Waals surface area contributed by atoms with E-state index in [-0.39, 0.29) is 0 Å². The van der Waals surface area contributed by atoms with Gasteiger partial charge in [-0.3, -0.25) is 0 Å². The number of rotatable bonds is 0. The number of hydrogen-bond acceptors (Lipinski definition) is 1. The number of aromatic nitrogens is 2. The molecule has 0 N–H and O–H groups in total. The Kier molecular flexibility index (Phi) is 2.01. The Morgan fingerprint density at radius 1 is 1.20 bits per heavy atom. The highest BCUT2D eigenvalue weighted by Gasteiger charge is 2.15. The van der Waals surface area contributed by atoms with Gasteiger partial charge in [0.05, 0.1) is 5.69 Å². The molecule has 0 spiro atoms. The standard InChI is InChI=1S/C13H16N2/c1-10-6-5-9-15-12-8-4-2-3-7-11(12)14-13(10)15/h5-6,9H,2-4,7-8H2,1H3. The van der Waals surface area contributed by atoms with Gasteiger partial charge in [-0.25, -0.2) is 4.98 Å². The van der Waals surface area contributed by atoms with Gasteiger partial charge in [0.2, 0.25) is 0 Å². The Hall–Kier alpha value is -1.31. The summed E-state index contributed by atoms with van der Waals surface area (Å²) >= 11 is 0. The predicted molar refractivity (Wildman–Crippen MR) is 61.2 cm³/mol. The molecule has 0 bridgehead atoms. The first-order valence-corrected chi connectivity index (χ1v) is 5.82. The van der Waals surface area contributed by atoms with Crippen molar-refractivity contribution in [3.63, 3.8) is 0 Å². The summed E-state index contributed by atoms with van der Waals surface area (Å²) in [6.45, 7) is 2.14. The Labute approximate surface area is 90.0 Å². The van der Waals surface area contributed by atoms with Crippen LogP contribution in [0, 0.1) is 6.92 Å². The van der Waals surface area contributed by atoms with Crippen LogP contribution in [0.3, 0.4) is 0 Å². The third-order valence-corrected chi connectivity index (χ3v) is 3.35. The zero-order valence-corrected chi connectivity index (χ0v) is 9.16. The molecule has 2 heteroatoms. The molecule has 15 heavy (non-hydrogen) atoms. The number of fused-ring (bicyclic) bond motifs is 3. The van der Waals surface area contributed by atoms with E-state index in [9.17, 15) is 0 Å². The van der Waals surface area contributed by atoms with Gasteiger partial charge in [0.1, 0.15) is 5.65 Å². The summed E-state index contributed by atoms with van der Waals surface area (Å²) in [7, 11) is 0. The van der Waals surface area contributed by atoms with E-state index < -0.39 is 0 Å². The van der Waals surface area contributed by atoms with Gasteiger partial charge < -0.3 is 4.40 Å². The van der Waals surface area contributed by atoms with Gasteiger partial charge in [-0.1, -0.05) is 12.5 Å². The van der Waals surface area contributed by atoms with Gasteiger partial charge in [-0.05, 0) is 44.2 Å². The van der Waals surface area contributed by atoms with Crippen molar-refractivity contribution in [2.24, 2.45) is 0 Å². The van der Waals surface area contributed by atoms with Crippen LogP contribution in [0.1, 0.15) is 36.2 Å². The molecule has 1 aliphatic carbocycles. The molecule has 0 saturated carbocycles. The van der Waals surface area contributed by atoms with Gasteiger partial charge in [0, 0.05) is 11.9 Å². The first kappa shape index (κ1) is 8.96. The van der Waals surface area contributed by atoms with Crippen LogP contribution in [0.5, 0.6) is 0 Å². The number of hydrogen-bond donors (Lipinski definition) is 0. The molecule has 0 atom stereocenters. The Bertz CT molecular complexity index is 496. The van der Waals surface area contributed by atoms with E-state index in [1.54, 1.807) is 0 Å². The lowest BCUT2D eigenvalue weighted by Gasteiger charge is -2.01. The lowest BCUT2D eigenvalue weighted by molar-refractivity contribution is 0.701. The summed E-state index contributed by atoms with van der Waals surface area (Å²) in [6, 6.07) is 4.26. The van der Waals surface area contributed by atoms with E-state index >= 15 is 0 Å². The second-order valence-corrected chi connectivity index (χ2v) is 4.45. The van der Waals surface area contributed by atoms with Gasteiger partial charge in [-0.2, -0.15) is 0 Å². The van der Waals surface area contributed by atoms with Crippen LogP contribution >= 0.6 is 0 Å². The summed E-state index contributed by atoms with van der Waals surface area (Å²) in [5.74, 6) is 0. The topological polar surface area (TPSA) is 17.3 Å². The molecule has 0 fully saturated rings. The molecule has 2 aromatic heterocycles. The van der Waals surface area contributed by atoms with Gasteiger partial charge in [-0.15, -0.1) is 0 Å². The molecule has 2 heterocycles. The average molecular weight is 200 g/mol. The Morgan fingerprint density at radius 2 is 2.07 bits per heavy atom. The largest absolute Gasteiger partial charge is 0.304 e. The summed E-state index contributed by atoms with van der Waals surface area (Å²) in [6.07, 6.45) is 8.48. The van der Waals surface area contributed by atoms with Crippen LogP contribution in [0.4, 0.5) is 0 Å². The highest BCUT2D eigenvalue weighted by atomic mass is 15.0.